The molecule has 1 saturated heterocycles. The standard InChI is InChI=1S/C26H23N7O9S4.Na/c1-10(34)41-15-5-4-12(6-16(15)42-11(2)35)21-30-31-26(46-21)45-8-13-7-43-23-18(22(37)33(23)19(13)24(38)39)29-20(36)17(32-40-3)14-9-44-25(27)28-14;/h4-6,9,18,23H,7-8H2,1-3H3,(H2,27,28)(H,29,36)(H,38,39);/q;+1/p-1/b32-17-;/t18-,23-;/m1./s1. The number of fused-ring (bicyclic) bond motifs is 1. The number of thioether (sulfide) groups is 2. The van der Waals surface area contributed by atoms with Crippen molar-refractivity contribution in [1.82, 2.24) is 25.4 Å². The van der Waals surface area contributed by atoms with Crippen molar-refractivity contribution in [3.05, 3.63) is 40.5 Å². The van der Waals surface area contributed by atoms with Crippen molar-refractivity contribution in [2.24, 2.45) is 5.16 Å². The number of anilines is 1. The van der Waals surface area contributed by atoms with E-state index >= 15 is 0 Å². The minimum Gasteiger partial charge on any atom is -0.543 e. The molecule has 2 aliphatic heterocycles. The third-order valence-electron chi connectivity index (χ3n) is 6.16. The first-order valence-electron chi connectivity index (χ1n) is 13.0. The van der Waals surface area contributed by atoms with Gasteiger partial charge in [-0.15, -0.1) is 33.3 Å². The molecule has 2 atom stereocenters. The molecule has 4 heterocycles. The molecule has 0 unspecified atom stereocenters. The summed E-state index contributed by atoms with van der Waals surface area (Å²) in [6.45, 7) is 2.43. The molecule has 3 N–H and O–H groups in total. The number of aromatic nitrogens is 3. The Bertz CT molecular complexity index is 1810. The van der Waals surface area contributed by atoms with E-state index in [1.165, 1.54) is 73.3 Å². The Kier molecular flexibility index (Phi) is 12.0. The van der Waals surface area contributed by atoms with Gasteiger partial charge >= 0.3 is 41.5 Å². The zero-order valence-electron chi connectivity index (χ0n) is 25.0. The normalized spacial score (nSPS) is 17.2. The second-order valence-corrected chi connectivity index (χ2v) is 13.5. The molecule has 2 aliphatic rings. The summed E-state index contributed by atoms with van der Waals surface area (Å²) >= 11 is 4.79. The molecule has 2 amide bonds. The van der Waals surface area contributed by atoms with E-state index in [1.54, 1.807) is 6.07 Å². The molecule has 16 nitrogen and oxygen atoms in total. The van der Waals surface area contributed by atoms with Gasteiger partial charge in [-0.3, -0.25) is 24.1 Å². The molecule has 0 spiro atoms. The number of amides is 2. The summed E-state index contributed by atoms with van der Waals surface area (Å²) in [4.78, 5) is 71.1. The predicted molar refractivity (Wildman–Crippen MR) is 166 cm³/mol. The van der Waals surface area contributed by atoms with Crippen molar-refractivity contribution in [2.45, 2.75) is 29.6 Å². The molecule has 5 rings (SSSR count). The number of nitrogens with zero attached hydrogens (tertiary/aromatic N) is 5. The van der Waals surface area contributed by atoms with Crippen LogP contribution in [0.4, 0.5) is 5.13 Å². The Morgan fingerprint density at radius 3 is 2.53 bits per heavy atom. The number of oxime groups is 1. The van der Waals surface area contributed by atoms with Crippen LogP contribution < -0.4 is 55.2 Å². The maximum Gasteiger partial charge on any atom is 1.00 e. The Balaban J connectivity index is 0.00000500. The Hall–Kier alpha value is -3.53. The van der Waals surface area contributed by atoms with Crippen molar-refractivity contribution in [3.8, 4) is 22.1 Å². The van der Waals surface area contributed by atoms with Crippen LogP contribution in [0.2, 0.25) is 0 Å². The van der Waals surface area contributed by atoms with E-state index in [0.717, 1.165) is 16.2 Å². The van der Waals surface area contributed by atoms with Crippen LogP contribution in [0.1, 0.15) is 19.5 Å². The van der Waals surface area contributed by atoms with E-state index in [-0.39, 0.29) is 74.8 Å². The van der Waals surface area contributed by atoms with Crippen LogP contribution in [0.3, 0.4) is 0 Å². The molecule has 0 bridgehead atoms. The van der Waals surface area contributed by atoms with Crippen LogP contribution in [0.25, 0.3) is 10.6 Å². The summed E-state index contributed by atoms with van der Waals surface area (Å²) in [6.07, 6.45) is 0. The average molecular weight is 728 g/mol. The predicted octanol–water partition coefficient (Wildman–Crippen LogP) is -2.35. The number of hydrogen-bond acceptors (Lipinski definition) is 18. The van der Waals surface area contributed by atoms with Crippen molar-refractivity contribution < 1.29 is 72.9 Å². The number of aliphatic carboxylic acids is 1. The summed E-state index contributed by atoms with van der Waals surface area (Å²) in [6, 6.07) is 3.56. The van der Waals surface area contributed by atoms with Gasteiger partial charge in [0.2, 0.25) is 0 Å². The van der Waals surface area contributed by atoms with Gasteiger partial charge in [-0.1, -0.05) is 28.3 Å². The quantitative estimate of drug-likeness (QED) is 0.0401. The summed E-state index contributed by atoms with van der Waals surface area (Å²) in [5.41, 5.74) is 6.35. The SMILES string of the molecule is CO/N=C(\C(=O)N[C@@H]1C(=O)N2C(C(=O)[O-])=C(CSc3nnc(-c4ccc(OC(C)=O)c(OC(C)=O)c4)s3)CS[C@H]12)c1csc(N)n1.[Na+]. The minimum absolute atomic E-state index is 0. The number of β-lactam (4-membered cyclic amide) rings is 1. The van der Waals surface area contributed by atoms with Crippen LogP contribution in [0, 0.1) is 0 Å². The molecule has 1 fully saturated rings. The number of thiazole rings is 1. The van der Waals surface area contributed by atoms with Gasteiger partial charge in [-0.25, -0.2) is 4.98 Å². The van der Waals surface area contributed by atoms with Gasteiger partial charge < -0.3 is 35.3 Å². The third-order valence-corrected chi connectivity index (χ3v) is 10.4. The molecule has 1 aromatic carbocycles. The van der Waals surface area contributed by atoms with Gasteiger partial charge in [-0.2, -0.15) is 0 Å². The van der Waals surface area contributed by atoms with Gasteiger partial charge in [0.15, 0.2) is 26.7 Å². The van der Waals surface area contributed by atoms with Crippen molar-refractivity contribution >= 4 is 86.8 Å². The fourth-order valence-corrected chi connectivity index (χ4v) is 8.21. The van der Waals surface area contributed by atoms with Crippen LogP contribution >= 0.6 is 46.2 Å². The Morgan fingerprint density at radius 1 is 1.17 bits per heavy atom. The average Bonchev–Trinajstić information content (AvgIpc) is 3.66. The maximum absolute atomic E-state index is 13.1. The van der Waals surface area contributed by atoms with Crippen LogP contribution in [0.15, 0.2) is 44.3 Å². The van der Waals surface area contributed by atoms with E-state index in [4.69, 9.17) is 20.0 Å². The second kappa shape index (κ2) is 15.6. The molecule has 0 aliphatic carbocycles. The van der Waals surface area contributed by atoms with E-state index < -0.39 is 41.1 Å². The van der Waals surface area contributed by atoms with Gasteiger partial charge in [-0.05, 0) is 23.8 Å². The summed E-state index contributed by atoms with van der Waals surface area (Å²) in [7, 11) is 1.25. The monoisotopic (exact) mass is 727 g/mol. The number of carbonyl (C=O) groups is 5. The van der Waals surface area contributed by atoms with E-state index in [2.05, 4.69) is 25.7 Å². The largest absolute Gasteiger partial charge is 1.00 e. The minimum atomic E-state index is -1.53. The topological polar surface area (TPSA) is 228 Å². The van der Waals surface area contributed by atoms with E-state index in [0.29, 0.717) is 20.5 Å². The second-order valence-electron chi connectivity index (χ2n) is 9.30. The first kappa shape index (κ1) is 36.3. The van der Waals surface area contributed by atoms with E-state index in [1.807, 2.05) is 0 Å². The van der Waals surface area contributed by atoms with Gasteiger partial charge in [0, 0.05) is 36.3 Å². The number of ether oxygens (including phenoxy) is 2. The van der Waals surface area contributed by atoms with Crippen molar-refractivity contribution in [3.63, 3.8) is 0 Å². The molecular weight excluding hydrogens is 706 g/mol. The molecule has 21 heteroatoms. The third kappa shape index (κ3) is 8.13. The van der Waals surface area contributed by atoms with Crippen LogP contribution in [-0.2, 0) is 28.8 Å². The first-order valence-corrected chi connectivity index (χ1v) is 16.7. The number of nitrogens with two attached hydrogens (primary N) is 1. The van der Waals surface area contributed by atoms with Crippen molar-refractivity contribution in [2.75, 3.05) is 24.3 Å². The molecule has 47 heavy (non-hydrogen) atoms. The number of esters is 2. The van der Waals surface area contributed by atoms with Crippen LogP contribution in [-0.4, -0.2) is 85.5 Å². The summed E-state index contributed by atoms with van der Waals surface area (Å²) in [5.74, 6) is -3.57. The van der Waals surface area contributed by atoms with E-state index in [9.17, 15) is 29.1 Å². The number of rotatable bonds is 11. The van der Waals surface area contributed by atoms with Crippen LogP contribution in [0.5, 0.6) is 11.5 Å². The molecule has 3 aromatic rings. The maximum atomic E-state index is 13.1. The first-order chi connectivity index (χ1) is 22.0. The molecular formula is C26H22N7NaO9S4. The van der Waals surface area contributed by atoms with Gasteiger partial charge in [0.05, 0.1) is 11.7 Å². The van der Waals surface area contributed by atoms with Gasteiger partial charge in [0.1, 0.15) is 29.2 Å². The zero-order valence-corrected chi connectivity index (χ0v) is 30.3. The number of carboxylic acid groups (broad SMARTS) is 1. The number of benzene rings is 1. The number of nitrogen functional groups attached to an aromatic ring is 1. The Morgan fingerprint density at radius 2 is 1.89 bits per heavy atom. The summed E-state index contributed by atoms with van der Waals surface area (Å²) in [5, 5.41) is 28.3. The smallest absolute Gasteiger partial charge is 0.543 e. The fraction of sp³-hybridized carbons (Fsp3) is 0.269. The van der Waals surface area contributed by atoms with Gasteiger partial charge in [0.25, 0.3) is 11.8 Å². The number of nitrogens with one attached hydrogen (secondary N) is 1. The number of carbonyl (C=O) groups excluding carboxylic acids is 5. The van der Waals surface area contributed by atoms with Crippen molar-refractivity contribution in [1.29, 1.82) is 0 Å². The summed E-state index contributed by atoms with van der Waals surface area (Å²) < 4.78 is 10.8. The molecule has 2 aromatic heterocycles. The molecule has 0 radical (unpaired) electrons. The number of carboxylic acids is 1. The Labute approximate surface area is 304 Å². The number of hydrogen-bond donors (Lipinski definition) is 2. The zero-order chi connectivity index (χ0) is 33.1. The fourth-order valence-electron chi connectivity index (χ4n) is 4.33. The molecule has 240 valence electrons. The molecule has 0 saturated carbocycles.